The zero-order valence-corrected chi connectivity index (χ0v) is 10.9. The Balaban J connectivity index is 1.78. The molecular formula is C14H17N3O2. The Kier molecular flexibility index (Phi) is 2.88. The first-order chi connectivity index (χ1) is 9.08. The van der Waals surface area contributed by atoms with Gasteiger partial charge in [0.05, 0.1) is 17.8 Å². The van der Waals surface area contributed by atoms with Crippen molar-refractivity contribution in [2.45, 2.75) is 13.0 Å². The highest BCUT2D eigenvalue weighted by Crippen LogP contribution is 2.24. The SMILES string of the molecule is CC1CN(CN2C(=O)c3ccccc3C2=O)CC1N. The molecule has 5 nitrogen and oxygen atoms in total. The molecule has 1 aromatic rings. The van der Waals surface area contributed by atoms with Crippen molar-refractivity contribution in [3.05, 3.63) is 35.4 Å². The fourth-order valence-electron chi connectivity index (χ4n) is 2.78. The van der Waals surface area contributed by atoms with Gasteiger partial charge in [0.15, 0.2) is 0 Å². The summed E-state index contributed by atoms with van der Waals surface area (Å²) in [6.07, 6.45) is 0. The summed E-state index contributed by atoms with van der Waals surface area (Å²) in [4.78, 5) is 27.8. The molecule has 2 atom stereocenters. The summed E-state index contributed by atoms with van der Waals surface area (Å²) < 4.78 is 0. The van der Waals surface area contributed by atoms with Crippen LogP contribution in [0.1, 0.15) is 27.6 Å². The molecule has 19 heavy (non-hydrogen) atoms. The highest BCUT2D eigenvalue weighted by Gasteiger charge is 2.37. The van der Waals surface area contributed by atoms with E-state index in [2.05, 4.69) is 11.8 Å². The second-order valence-corrected chi connectivity index (χ2v) is 5.40. The maximum absolute atomic E-state index is 12.2. The van der Waals surface area contributed by atoms with Crippen LogP contribution in [0.3, 0.4) is 0 Å². The van der Waals surface area contributed by atoms with Crippen molar-refractivity contribution in [1.29, 1.82) is 0 Å². The Hall–Kier alpha value is -1.72. The van der Waals surface area contributed by atoms with Gasteiger partial charge in [0.25, 0.3) is 11.8 Å². The molecular weight excluding hydrogens is 242 g/mol. The molecule has 1 saturated heterocycles. The highest BCUT2D eigenvalue weighted by molar-refractivity contribution is 6.21. The van der Waals surface area contributed by atoms with E-state index in [1.807, 2.05) is 0 Å². The molecule has 1 fully saturated rings. The van der Waals surface area contributed by atoms with E-state index >= 15 is 0 Å². The minimum atomic E-state index is -0.200. The van der Waals surface area contributed by atoms with Crippen LogP contribution in [0.4, 0.5) is 0 Å². The molecule has 2 heterocycles. The van der Waals surface area contributed by atoms with Gasteiger partial charge >= 0.3 is 0 Å². The Morgan fingerprint density at radius 2 is 1.74 bits per heavy atom. The molecule has 0 spiro atoms. The minimum Gasteiger partial charge on any atom is -0.326 e. The Labute approximate surface area is 112 Å². The molecule has 0 bridgehead atoms. The quantitative estimate of drug-likeness (QED) is 0.786. The van der Waals surface area contributed by atoms with E-state index in [-0.39, 0.29) is 17.9 Å². The van der Waals surface area contributed by atoms with Crippen LogP contribution in [0.2, 0.25) is 0 Å². The van der Waals surface area contributed by atoms with Crippen molar-refractivity contribution in [2.24, 2.45) is 11.7 Å². The lowest BCUT2D eigenvalue weighted by atomic mass is 10.1. The van der Waals surface area contributed by atoms with Gasteiger partial charge in [-0.25, -0.2) is 0 Å². The fraction of sp³-hybridized carbons (Fsp3) is 0.429. The predicted molar refractivity (Wildman–Crippen MR) is 70.5 cm³/mol. The normalized spacial score (nSPS) is 27.2. The largest absolute Gasteiger partial charge is 0.326 e. The number of likely N-dealkylation sites (tertiary alicyclic amines) is 1. The number of carbonyl (C=O) groups is 2. The number of imide groups is 1. The Morgan fingerprint density at radius 3 is 2.21 bits per heavy atom. The zero-order chi connectivity index (χ0) is 13.6. The Morgan fingerprint density at radius 1 is 1.16 bits per heavy atom. The van der Waals surface area contributed by atoms with E-state index in [0.717, 1.165) is 13.1 Å². The average Bonchev–Trinajstić information content (AvgIpc) is 2.84. The number of benzene rings is 1. The van der Waals surface area contributed by atoms with E-state index in [1.54, 1.807) is 24.3 Å². The van der Waals surface area contributed by atoms with Gasteiger partial charge < -0.3 is 5.73 Å². The lowest BCUT2D eigenvalue weighted by Gasteiger charge is -2.22. The molecule has 3 rings (SSSR count). The molecule has 0 aromatic heterocycles. The second kappa shape index (κ2) is 4.43. The van der Waals surface area contributed by atoms with E-state index in [4.69, 9.17) is 5.73 Å². The summed E-state index contributed by atoms with van der Waals surface area (Å²) in [6, 6.07) is 7.08. The van der Waals surface area contributed by atoms with Crippen LogP contribution < -0.4 is 5.73 Å². The number of rotatable bonds is 2. The third kappa shape index (κ3) is 1.95. The number of amides is 2. The van der Waals surface area contributed by atoms with Crippen LogP contribution in [0.25, 0.3) is 0 Å². The van der Waals surface area contributed by atoms with Crippen LogP contribution >= 0.6 is 0 Å². The monoisotopic (exact) mass is 259 g/mol. The lowest BCUT2D eigenvalue weighted by Crippen LogP contribution is -2.41. The first-order valence-corrected chi connectivity index (χ1v) is 6.51. The first-order valence-electron chi connectivity index (χ1n) is 6.51. The number of nitrogens with zero attached hydrogens (tertiary/aromatic N) is 2. The van der Waals surface area contributed by atoms with E-state index in [9.17, 15) is 9.59 Å². The standard InChI is InChI=1S/C14H17N3O2/c1-9-6-16(7-12(9)15)8-17-13(18)10-4-2-3-5-11(10)14(17)19/h2-5,9,12H,6-8,15H2,1H3. The third-order valence-corrected chi connectivity index (χ3v) is 3.97. The van der Waals surface area contributed by atoms with Crippen LogP contribution in [0.15, 0.2) is 24.3 Å². The molecule has 1 aromatic carbocycles. The molecule has 0 saturated carbocycles. The molecule has 100 valence electrons. The number of hydrogen-bond donors (Lipinski definition) is 1. The molecule has 2 aliphatic heterocycles. The molecule has 2 aliphatic rings. The van der Waals surface area contributed by atoms with E-state index in [0.29, 0.717) is 23.7 Å². The van der Waals surface area contributed by atoms with Crippen molar-refractivity contribution in [3.8, 4) is 0 Å². The van der Waals surface area contributed by atoms with Gasteiger partial charge in [-0.15, -0.1) is 0 Å². The summed E-state index contributed by atoms with van der Waals surface area (Å²) in [6.45, 7) is 3.99. The molecule has 2 unspecified atom stereocenters. The summed E-state index contributed by atoms with van der Waals surface area (Å²) in [5.74, 6) is -0.00219. The van der Waals surface area contributed by atoms with E-state index < -0.39 is 0 Å². The van der Waals surface area contributed by atoms with Gasteiger partial charge in [-0.2, -0.15) is 0 Å². The van der Waals surface area contributed by atoms with Gasteiger partial charge in [0.2, 0.25) is 0 Å². The summed E-state index contributed by atoms with van der Waals surface area (Å²) in [5, 5.41) is 0. The van der Waals surface area contributed by atoms with Gasteiger partial charge in [0, 0.05) is 19.1 Å². The number of nitrogens with two attached hydrogens (primary N) is 1. The number of fused-ring (bicyclic) bond motifs is 1. The second-order valence-electron chi connectivity index (χ2n) is 5.40. The minimum absolute atomic E-state index is 0.121. The highest BCUT2D eigenvalue weighted by atomic mass is 16.2. The van der Waals surface area contributed by atoms with Crippen molar-refractivity contribution in [3.63, 3.8) is 0 Å². The number of hydrogen-bond acceptors (Lipinski definition) is 4. The van der Waals surface area contributed by atoms with Gasteiger partial charge in [-0.05, 0) is 18.1 Å². The predicted octanol–water partition coefficient (Wildman–Crippen LogP) is 0.519. The van der Waals surface area contributed by atoms with Crippen LogP contribution in [-0.2, 0) is 0 Å². The fourth-order valence-corrected chi connectivity index (χ4v) is 2.78. The van der Waals surface area contributed by atoms with Crippen molar-refractivity contribution >= 4 is 11.8 Å². The number of carbonyl (C=O) groups excluding carboxylic acids is 2. The van der Waals surface area contributed by atoms with Gasteiger partial charge in [-0.3, -0.25) is 19.4 Å². The molecule has 0 radical (unpaired) electrons. The van der Waals surface area contributed by atoms with Gasteiger partial charge in [0.1, 0.15) is 0 Å². The van der Waals surface area contributed by atoms with Crippen LogP contribution in [-0.4, -0.2) is 47.4 Å². The topological polar surface area (TPSA) is 66.6 Å². The third-order valence-electron chi connectivity index (χ3n) is 3.97. The lowest BCUT2D eigenvalue weighted by molar-refractivity contribution is 0.0560. The Bertz CT molecular complexity index is 498. The van der Waals surface area contributed by atoms with E-state index in [1.165, 1.54) is 4.90 Å². The van der Waals surface area contributed by atoms with Crippen molar-refractivity contribution in [2.75, 3.05) is 19.8 Å². The van der Waals surface area contributed by atoms with Gasteiger partial charge in [-0.1, -0.05) is 19.1 Å². The van der Waals surface area contributed by atoms with Crippen LogP contribution in [0, 0.1) is 5.92 Å². The smallest absolute Gasteiger partial charge is 0.262 e. The summed E-state index contributed by atoms with van der Waals surface area (Å²) in [5.41, 5.74) is 6.97. The van der Waals surface area contributed by atoms with Crippen LogP contribution in [0.5, 0.6) is 0 Å². The molecule has 0 aliphatic carbocycles. The molecule has 5 heteroatoms. The summed E-state index contributed by atoms with van der Waals surface area (Å²) in [7, 11) is 0. The maximum atomic E-state index is 12.2. The molecule has 2 amide bonds. The average molecular weight is 259 g/mol. The first kappa shape index (κ1) is 12.3. The maximum Gasteiger partial charge on any atom is 0.262 e. The summed E-state index contributed by atoms with van der Waals surface area (Å²) >= 11 is 0. The van der Waals surface area contributed by atoms with Crippen molar-refractivity contribution in [1.82, 2.24) is 9.80 Å². The molecule has 2 N–H and O–H groups in total. The zero-order valence-electron chi connectivity index (χ0n) is 10.9. The van der Waals surface area contributed by atoms with Crippen molar-refractivity contribution < 1.29 is 9.59 Å².